The molecular formula is C19H20BrFN2O3S2. The van der Waals surface area contributed by atoms with Crippen LogP contribution in [0.15, 0.2) is 50.7 Å². The highest BCUT2D eigenvalue weighted by molar-refractivity contribution is 9.10. The second kappa shape index (κ2) is 8.84. The van der Waals surface area contributed by atoms with Crippen molar-refractivity contribution in [3.63, 3.8) is 0 Å². The van der Waals surface area contributed by atoms with Crippen LogP contribution in [0.4, 0.5) is 10.1 Å². The molecule has 1 aliphatic heterocycles. The number of carbonyl (C=O) groups is 1. The molecule has 0 saturated carbocycles. The molecule has 0 bridgehead atoms. The lowest BCUT2D eigenvalue weighted by Gasteiger charge is -2.27. The lowest BCUT2D eigenvalue weighted by molar-refractivity contribution is 0.0720. The molecule has 1 amide bonds. The number of hydrogen-bond acceptors (Lipinski definition) is 4. The van der Waals surface area contributed by atoms with Gasteiger partial charge in [0.25, 0.3) is 15.9 Å². The van der Waals surface area contributed by atoms with Crippen LogP contribution in [0.1, 0.15) is 29.6 Å². The van der Waals surface area contributed by atoms with Gasteiger partial charge in [0.15, 0.2) is 0 Å². The van der Waals surface area contributed by atoms with Crippen LogP contribution in [-0.2, 0) is 10.0 Å². The van der Waals surface area contributed by atoms with E-state index >= 15 is 0 Å². The number of anilines is 1. The number of likely N-dealkylation sites (tertiary alicyclic amines) is 1. The number of sulfonamides is 1. The number of benzene rings is 2. The van der Waals surface area contributed by atoms with Gasteiger partial charge in [0, 0.05) is 22.5 Å². The first-order chi connectivity index (χ1) is 13.3. The minimum atomic E-state index is -4.05. The molecule has 1 saturated heterocycles. The van der Waals surface area contributed by atoms with Gasteiger partial charge >= 0.3 is 0 Å². The monoisotopic (exact) mass is 486 g/mol. The molecule has 5 nitrogen and oxygen atoms in total. The average molecular weight is 487 g/mol. The summed E-state index contributed by atoms with van der Waals surface area (Å²) < 4.78 is 42.3. The topological polar surface area (TPSA) is 66.5 Å². The largest absolute Gasteiger partial charge is 0.339 e. The number of nitrogens with zero attached hydrogens (tertiary/aromatic N) is 1. The van der Waals surface area contributed by atoms with Gasteiger partial charge in [0.1, 0.15) is 5.82 Å². The molecule has 0 atom stereocenters. The van der Waals surface area contributed by atoms with E-state index in [0.29, 0.717) is 28.0 Å². The SMILES string of the molecule is CSc1ccc(S(=O)(=O)Nc2ccc(Br)cc2F)cc1C(=O)N1CCCCC1. The van der Waals surface area contributed by atoms with Crippen LogP contribution in [0.3, 0.4) is 0 Å². The van der Waals surface area contributed by atoms with Crippen molar-refractivity contribution in [1.82, 2.24) is 4.90 Å². The lowest BCUT2D eigenvalue weighted by atomic mass is 10.1. The first kappa shape index (κ1) is 21.1. The summed E-state index contributed by atoms with van der Waals surface area (Å²) in [6.07, 6.45) is 4.83. The van der Waals surface area contributed by atoms with Crippen LogP contribution in [-0.4, -0.2) is 38.6 Å². The van der Waals surface area contributed by atoms with Gasteiger partial charge in [-0.25, -0.2) is 12.8 Å². The van der Waals surface area contributed by atoms with Crippen molar-refractivity contribution in [2.45, 2.75) is 29.1 Å². The smallest absolute Gasteiger partial charge is 0.262 e. The Morgan fingerprint density at radius 3 is 2.50 bits per heavy atom. The molecule has 1 aliphatic rings. The van der Waals surface area contributed by atoms with E-state index in [9.17, 15) is 17.6 Å². The van der Waals surface area contributed by atoms with Gasteiger partial charge in [0.05, 0.1) is 16.1 Å². The van der Waals surface area contributed by atoms with Gasteiger partial charge < -0.3 is 4.90 Å². The van der Waals surface area contributed by atoms with E-state index in [4.69, 9.17) is 0 Å². The maximum Gasteiger partial charge on any atom is 0.262 e. The second-order valence-electron chi connectivity index (χ2n) is 6.44. The molecule has 0 aromatic heterocycles. The van der Waals surface area contributed by atoms with E-state index in [1.807, 2.05) is 6.26 Å². The fraction of sp³-hybridized carbons (Fsp3) is 0.316. The highest BCUT2D eigenvalue weighted by Crippen LogP contribution is 2.28. The molecule has 1 heterocycles. The molecule has 0 unspecified atom stereocenters. The fourth-order valence-electron chi connectivity index (χ4n) is 3.06. The standard InChI is InChI=1S/C19H20BrFN2O3S2/c1-27-18-8-6-14(12-15(18)19(24)23-9-3-2-4-10-23)28(25,26)22-17-7-5-13(20)11-16(17)21/h5-8,11-12,22H,2-4,9-10H2,1H3. The Morgan fingerprint density at radius 2 is 1.86 bits per heavy atom. The van der Waals surface area contributed by atoms with Crippen LogP contribution in [0, 0.1) is 5.82 Å². The van der Waals surface area contributed by atoms with Crippen molar-refractivity contribution >= 4 is 49.3 Å². The number of halogens is 2. The Bertz CT molecular complexity index is 993. The number of nitrogens with one attached hydrogen (secondary N) is 1. The van der Waals surface area contributed by atoms with Crippen LogP contribution < -0.4 is 4.72 Å². The van der Waals surface area contributed by atoms with Gasteiger partial charge in [-0.2, -0.15) is 0 Å². The Kier molecular flexibility index (Phi) is 6.67. The molecule has 1 fully saturated rings. The molecular weight excluding hydrogens is 467 g/mol. The number of rotatable bonds is 5. The molecule has 0 spiro atoms. The summed E-state index contributed by atoms with van der Waals surface area (Å²) in [4.78, 5) is 15.3. The van der Waals surface area contributed by atoms with Crippen LogP contribution >= 0.6 is 27.7 Å². The third-order valence-corrected chi connectivity index (χ3v) is 7.18. The number of piperidine rings is 1. The maximum atomic E-state index is 14.0. The first-order valence-corrected chi connectivity index (χ1v) is 12.3. The van der Waals surface area contributed by atoms with Crippen LogP contribution in [0.5, 0.6) is 0 Å². The zero-order chi connectivity index (χ0) is 20.3. The fourth-order valence-corrected chi connectivity index (χ4v) is 5.06. The average Bonchev–Trinajstić information content (AvgIpc) is 2.69. The summed E-state index contributed by atoms with van der Waals surface area (Å²) in [7, 11) is -4.05. The van der Waals surface area contributed by atoms with E-state index in [0.717, 1.165) is 19.3 Å². The molecule has 1 N–H and O–H groups in total. The van der Waals surface area contributed by atoms with Gasteiger partial charge in [-0.1, -0.05) is 15.9 Å². The van der Waals surface area contributed by atoms with Gasteiger partial charge in [0.2, 0.25) is 0 Å². The summed E-state index contributed by atoms with van der Waals surface area (Å²) in [5, 5.41) is 0. The quantitative estimate of drug-likeness (QED) is 0.619. The third kappa shape index (κ3) is 4.69. The van der Waals surface area contributed by atoms with E-state index in [1.165, 1.54) is 36.0 Å². The van der Waals surface area contributed by atoms with Gasteiger partial charge in [-0.05, 0) is 61.9 Å². The molecule has 2 aromatic carbocycles. The summed E-state index contributed by atoms with van der Waals surface area (Å²) in [5.41, 5.74) is 0.203. The van der Waals surface area contributed by atoms with Crippen molar-refractivity contribution in [3.05, 3.63) is 52.3 Å². The first-order valence-electron chi connectivity index (χ1n) is 8.77. The summed E-state index contributed by atoms with van der Waals surface area (Å²) in [6.45, 7) is 1.35. The highest BCUT2D eigenvalue weighted by Gasteiger charge is 2.24. The molecule has 150 valence electrons. The molecule has 2 aromatic rings. The summed E-state index contributed by atoms with van der Waals surface area (Å²) >= 11 is 4.53. The van der Waals surface area contributed by atoms with Crippen molar-refractivity contribution in [1.29, 1.82) is 0 Å². The lowest BCUT2D eigenvalue weighted by Crippen LogP contribution is -2.36. The van der Waals surface area contributed by atoms with Crippen molar-refractivity contribution in [2.24, 2.45) is 0 Å². The third-order valence-electron chi connectivity index (χ3n) is 4.53. The van der Waals surface area contributed by atoms with E-state index in [-0.39, 0.29) is 16.5 Å². The Balaban J connectivity index is 1.94. The van der Waals surface area contributed by atoms with Gasteiger partial charge in [-0.3, -0.25) is 9.52 Å². The second-order valence-corrected chi connectivity index (χ2v) is 9.89. The molecule has 0 aliphatic carbocycles. The predicted octanol–water partition coefficient (Wildman–Crippen LogP) is 4.74. The zero-order valence-corrected chi connectivity index (χ0v) is 18.5. The number of hydrogen-bond donors (Lipinski definition) is 1. The Morgan fingerprint density at radius 1 is 1.14 bits per heavy atom. The van der Waals surface area contributed by atoms with E-state index in [1.54, 1.807) is 17.0 Å². The minimum Gasteiger partial charge on any atom is -0.339 e. The highest BCUT2D eigenvalue weighted by atomic mass is 79.9. The zero-order valence-electron chi connectivity index (χ0n) is 15.2. The van der Waals surface area contributed by atoms with E-state index < -0.39 is 15.8 Å². The molecule has 9 heteroatoms. The summed E-state index contributed by atoms with van der Waals surface area (Å²) in [5.74, 6) is -0.862. The normalized spacial score (nSPS) is 14.8. The van der Waals surface area contributed by atoms with Crippen molar-refractivity contribution in [3.8, 4) is 0 Å². The Hall–Kier alpha value is -1.58. The van der Waals surface area contributed by atoms with Crippen LogP contribution in [0.2, 0.25) is 0 Å². The molecule has 28 heavy (non-hydrogen) atoms. The number of amides is 1. The summed E-state index contributed by atoms with van der Waals surface area (Å²) in [6, 6.07) is 8.49. The molecule has 0 radical (unpaired) electrons. The number of carbonyl (C=O) groups excluding carboxylic acids is 1. The maximum absolute atomic E-state index is 14.0. The van der Waals surface area contributed by atoms with Gasteiger partial charge in [-0.15, -0.1) is 11.8 Å². The Labute approximate surface area is 176 Å². The number of thioether (sulfide) groups is 1. The van der Waals surface area contributed by atoms with Crippen LogP contribution in [0.25, 0.3) is 0 Å². The van der Waals surface area contributed by atoms with E-state index in [2.05, 4.69) is 20.7 Å². The van der Waals surface area contributed by atoms with Crippen molar-refractivity contribution < 1.29 is 17.6 Å². The molecule has 3 rings (SSSR count). The minimum absolute atomic E-state index is 0.0759. The van der Waals surface area contributed by atoms with Crippen molar-refractivity contribution in [2.75, 3.05) is 24.1 Å². The predicted molar refractivity (Wildman–Crippen MR) is 113 cm³/mol.